The van der Waals surface area contributed by atoms with Crippen LogP contribution in [0.15, 0.2) is 30.7 Å². The highest BCUT2D eigenvalue weighted by molar-refractivity contribution is 6.04. The van der Waals surface area contributed by atoms with Gasteiger partial charge in [-0.2, -0.15) is 5.10 Å². The zero-order valence-corrected chi connectivity index (χ0v) is 10.3. The molecule has 6 nitrogen and oxygen atoms in total. The topological polar surface area (TPSA) is 69.0 Å². The van der Waals surface area contributed by atoms with Gasteiger partial charge >= 0.3 is 0 Å². The van der Waals surface area contributed by atoms with E-state index in [4.69, 9.17) is 4.74 Å². The molecule has 94 valence electrons. The highest BCUT2D eigenvalue weighted by Gasteiger charge is 2.11. The minimum atomic E-state index is -0.239. The lowest BCUT2D eigenvalue weighted by Gasteiger charge is -2.08. The molecule has 0 bridgehead atoms. The first-order chi connectivity index (χ1) is 8.70. The Kier molecular flexibility index (Phi) is 3.57. The Bertz CT molecular complexity index is 551. The molecule has 1 N–H and O–H groups in total. The predicted molar refractivity (Wildman–Crippen MR) is 66.6 cm³/mol. The third kappa shape index (κ3) is 2.65. The number of aryl methyl sites for hydroxylation is 1. The molecule has 6 heteroatoms. The lowest BCUT2D eigenvalue weighted by Crippen LogP contribution is -2.12. The van der Waals surface area contributed by atoms with E-state index in [1.54, 1.807) is 36.3 Å². The van der Waals surface area contributed by atoms with E-state index in [2.05, 4.69) is 15.4 Å². The number of rotatable bonds is 4. The number of amides is 1. The first-order valence-corrected chi connectivity index (χ1v) is 5.58. The second-order valence-corrected chi connectivity index (χ2v) is 3.65. The Labute approximate surface area is 105 Å². The van der Waals surface area contributed by atoms with E-state index in [1.165, 1.54) is 6.20 Å². The number of hydrogen-bond acceptors (Lipinski definition) is 4. The Morgan fingerprint density at radius 3 is 3.06 bits per heavy atom. The van der Waals surface area contributed by atoms with Crippen molar-refractivity contribution >= 4 is 11.6 Å². The summed E-state index contributed by atoms with van der Waals surface area (Å²) in [6.45, 7) is 2.36. The van der Waals surface area contributed by atoms with Crippen LogP contribution in [0.2, 0.25) is 0 Å². The molecule has 0 aliphatic heterocycles. The van der Waals surface area contributed by atoms with E-state index in [9.17, 15) is 4.79 Å². The van der Waals surface area contributed by atoms with E-state index >= 15 is 0 Å². The number of pyridine rings is 1. The summed E-state index contributed by atoms with van der Waals surface area (Å²) in [4.78, 5) is 16.0. The Morgan fingerprint density at radius 2 is 2.39 bits per heavy atom. The quantitative estimate of drug-likeness (QED) is 0.886. The van der Waals surface area contributed by atoms with Crippen molar-refractivity contribution in [1.29, 1.82) is 0 Å². The van der Waals surface area contributed by atoms with Crippen molar-refractivity contribution in [2.75, 3.05) is 11.9 Å². The average Bonchev–Trinajstić information content (AvgIpc) is 2.79. The zero-order chi connectivity index (χ0) is 13.0. The fraction of sp³-hybridized carbons (Fsp3) is 0.250. The van der Waals surface area contributed by atoms with Gasteiger partial charge in [0.1, 0.15) is 5.69 Å². The Hall–Kier alpha value is -2.37. The van der Waals surface area contributed by atoms with Crippen molar-refractivity contribution in [3.8, 4) is 5.88 Å². The lowest BCUT2D eigenvalue weighted by atomic mass is 10.3. The van der Waals surface area contributed by atoms with Crippen LogP contribution in [0.5, 0.6) is 5.88 Å². The molecule has 1 amide bonds. The normalized spacial score (nSPS) is 10.1. The van der Waals surface area contributed by atoms with Gasteiger partial charge in [-0.05, 0) is 19.1 Å². The maximum Gasteiger partial charge on any atom is 0.258 e. The molecule has 0 spiro atoms. The molecule has 0 fully saturated rings. The molecule has 2 aromatic rings. The second-order valence-electron chi connectivity index (χ2n) is 3.65. The molecule has 0 saturated carbocycles. The average molecular weight is 246 g/mol. The molecular weight excluding hydrogens is 232 g/mol. The molecule has 0 aliphatic carbocycles. The van der Waals surface area contributed by atoms with Crippen LogP contribution < -0.4 is 10.1 Å². The van der Waals surface area contributed by atoms with E-state index in [1.807, 2.05) is 6.92 Å². The first-order valence-electron chi connectivity index (χ1n) is 5.58. The minimum absolute atomic E-state index is 0.239. The molecule has 2 rings (SSSR count). The number of anilines is 1. The van der Waals surface area contributed by atoms with E-state index in [-0.39, 0.29) is 5.91 Å². The molecule has 0 saturated heterocycles. The van der Waals surface area contributed by atoms with Crippen LogP contribution in [0.4, 0.5) is 5.69 Å². The molecule has 0 aromatic carbocycles. The van der Waals surface area contributed by atoms with E-state index in [0.29, 0.717) is 23.7 Å². The molecule has 2 heterocycles. The van der Waals surface area contributed by atoms with Crippen molar-refractivity contribution in [2.45, 2.75) is 6.92 Å². The van der Waals surface area contributed by atoms with Crippen molar-refractivity contribution in [3.63, 3.8) is 0 Å². The highest BCUT2D eigenvalue weighted by Crippen LogP contribution is 2.21. The summed E-state index contributed by atoms with van der Waals surface area (Å²) in [6, 6.07) is 3.48. The summed E-state index contributed by atoms with van der Waals surface area (Å²) in [5.41, 5.74) is 1.04. The van der Waals surface area contributed by atoms with Crippen molar-refractivity contribution in [3.05, 3.63) is 36.3 Å². The summed E-state index contributed by atoms with van der Waals surface area (Å²) in [6.07, 6.45) is 4.77. The SMILES string of the molecule is CCOc1ncccc1NC(=O)c1cnn(C)c1. The van der Waals surface area contributed by atoms with Crippen LogP contribution in [0, 0.1) is 0 Å². The van der Waals surface area contributed by atoms with Crippen LogP contribution >= 0.6 is 0 Å². The fourth-order valence-electron chi connectivity index (χ4n) is 1.47. The number of nitrogens with zero attached hydrogens (tertiary/aromatic N) is 3. The van der Waals surface area contributed by atoms with Crippen LogP contribution in [0.1, 0.15) is 17.3 Å². The monoisotopic (exact) mass is 246 g/mol. The van der Waals surface area contributed by atoms with Crippen LogP contribution in [0.25, 0.3) is 0 Å². The molecule has 0 radical (unpaired) electrons. The van der Waals surface area contributed by atoms with Crippen molar-refractivity contribution in [1.82, 2.24) is 14.8 Å². The molecule has 2 aromatic heterocycles. The number of hydrogen-bond donors (Lipinski definition) is 1. The van der Waals surface area contributed by atoms with E-state index in [0.717, 1.165) is 0 Å². The number of ether oxygens (including phenoxy) is 1. The van der Waals surface area contributed by atoms with E-state index < -0.39 is 0 Å². The predicted octanol–water partition coefficient (Wildman–Crippen LogP) is 1.47. The highest BCUT2D eigenvalue weighted by atomic mass is 16.5. The van der Waals surface area contributed by atoms with Crippen molar-refractivity contribution < 1.29 is 9.53 Å². The molecule has 0 unspecified atom stereocenters. The van der Waals surface area contributed by atoms with Crippen LogP contribution in [-0.2, 0) is 7.05 Å². The fourth-order valence-corrected chi connectivity index (χ4v) is 1.47. The molecule has 0 atom stereocenters. The van der Waals surface area contributed by atoms with Crippen LogP contribution in [-0.4, -0.2) is 27.3 Å². The summed E-state index contributed by atoms with van der Waals surface area (Å²) in [5.74, 6) is 0.175. The van der Waals surface area contributed by atoms with Gasteiger partial charge in [0, 0.05) is 19.4 Å². The van der Waals surface area contributed by atoms with Gasteiger partial charge in [0.15, 0.2) is 0 Å². The molecule has 18 heavy (non-hydrogen) atoms. The smallest absolute Gasteiger partial charge is 0.258 e. The lowest BCUT2D eigenvalue weighted by molar-refractivity contribution is 0.102. The largest absolute Gasteiger partial charge is 0.476 e. The minimum Gasteiger partial charge on any atom is -0.476 e. The number of carbonyl (C=O) groups excluding carboxylic acids is 1. The zero-order valence-electron chi connectivity index (χ0n) is 10.3. The van der Waals surface area contributed by atoms with Crippen molar-refractivity contribution in [2.24, 2.45) is 7.05 Å². The summed E-state index contributed by atoms with van der Waals surface area (Å²) < 4.78 is 6.90. The Balaban J connectivity index is 2.16. The first kappa shape index (κ1) is 12.1. The summed E-state index contributed by atoms with van der Waals surface area (Å²) in [5, 5.41) is 6.69. The maximum absolute atomic E-state index is 11.9. The van der Waals surface area contributed by atoms with Gasteiger partial charge in [0.05, 0.1) is 18.4 Å². The number of carbonyl (C=O) groups is 1. The van der Waals surface area contributed by atoms with Gasteiger partial charge in [-0.25, -0.2) is 4.98 Å². The van der Waals surface area contributed by atoms with Crippen LogP contribution in [0.3, 0.4) is 0 Å². The van der Waals surface area contributed by atoms with Gasteiger partial charge in [-0.1, -0.05) is 0 Å². The summed E-state index contributed by atoms with van der Waals surface area (Å²) in [7, 11) is 1.76. The number of aromatic nitrogens is 3. The van der Waals surface area contributed by atoms with Gasteiger partial charge in [0.2, 0.25) is 5.88 Å². The Morgan fingerprint density at radius 1 is 1.56 bits per heavy atom. The van der Waals surface area contributed by atoms with Gasteiger partial charge in [-0.3, -0.25) is 9.48 Å². The summed E-state index contributed by atoms with van der Waals surface area (Å²) >= 11 is 0. The number of nitrogens with one attached hydrogen (secondary N) is 1. The third-order valence-corrected chi connectivity index (χ3v) is 2.27. The molecule has 0 aliphatic rings. The maximum atomic E-state index is 11.9. The molecular formula is C12H14N4O2. The van der Waals surface area contributed by atoms with Gasteiger partial charge < -0.3 is 10.1 Å². The standard InChI is InChI=1S/C12H14N4O2/c1-3-18-12-10(5-4-6-13-12)15-11(17)9-7-14-16(2)8-9/h4-8H,3H2,1-2H3,(H,15,17). The van der Waals surface area contributed by atoms with Gasteiger partial charge in [-0.15, -0.1) is 0 Å². The second kappa shape index (κ2) is 5.31. The third-order valence-electron chi connectivity index (χ3n) is 2.27. The van der Waals surface area contributed by atoms with Gasteiger partial charge in [0.25, 0.3) is 5.91 Å².